The van der Waals surface area contributed by atoms with Crippen molar-refractivity contribution in [2.45, 2.75) is 6.42 Å². The Morgan fingerprint density at radius 2 is 2.00 bits per heavy atom. The number of nitrogens with one attached hydrogen (secondary N) is 1. The van der Waals surface area contributed by atoms with Gasteiger partial charge >= 0.3 is 5.97 Å². The van der Waals surface area contributed by atoms with E-state index in [1.807, 2.05) is 30.3 Å². The van der Waals surface area contributed by atoms with Crippen LogP contribution < -0.4 is 5.32 Å². The zero-order chi connectivity index (χ0) is 13.7. The van der Waals surface area contributed by atoms with Gasteiger partial charge < -0.3 is 14.9 Å². The average molecular weight is 260 g/mol. The average Bonchev–Trinajstić information content (AvgIpc) is 2.86. The van der Waals surface area contributed by atoms with E-state index < -0.39 is 18.4 Å². The van der Waals surface area contributed by atoms with E-state index >= 15 is 0 Å². The molecule has 19 heavy (non-hydrogen) atoms. The summed E-state index contributed by atoms with van der Waals surface area (Å²) in [5.74, 6) is -0.921. The molecular weight excluding hydrogens is 248 g/mol. The molecule has 0 aliphatic carbocycles. The highest BCUT2D eigenvalue weighted by molar-refractivity contribution is 5.82. The van der Waals surface area contributed by atoms with Crippen LogP contribution in [0.5, 0.6) is 0 Å². The summed E-state index contributed by atoms with van der Waals surface area (Å²) < 4.78 is 5.13. The second-order valence-corrected chi connectivity index (χ2v) is 3.90. The van der Waals surface area contributed by atoms with Gasteiger partial charge in [-0.25, -0.2) is 0 Å². The topological polar surface area (TPSA) is 92.4 Å². The van der Waals surface area contributed by atoms with E-state index in [-0.39, 0.29) is 6.42 Å². The fourth-order valence-corrected chi connectivity index (χ4v) is 1.53. The number of amides is 1. The van der Waals surface area contributed by atoms with Gasteiger partial charge in [-0.1, -0.05) is 35.5 Å². The monoisotopic (exact) mass is 260 g/mol. The molecule has 6 heteroatoms. The number of hydrogen-bond donors (Lipinski definition) is 2. The molecule has 0 saturated carbocycles. The van der Waals surface area contributed by atoms with Crippen LogP contribution in [0.15, 0.2) is 40.9 Å². The molecule has 0 atom stereocenters. The van der Waals surface area contributed by atoms with Crippen molar-refractivity contribution in [3.8, 4) is 11.3 Å². The number of aliphatic carboxylic acids is 1. The molecule has 1 aromatic heterocycles. The molecule has 6 nitrogen and oxygen atoms in total. The summed E-state index contributed by atoms with van der Waals surface area (Å²) in [6.07, 6.45) is -0.0103. The molecule has 0 radical (unpaired) electrons. The molecule has 0 aliphatic heterocycles. The summed E-state index contributed by atoms with van der Waals surface area (Å²) in [6, 6.07) is 11.0. The van der Waals surface area contributed by atoms with E-state index in [1.165, 1.54) is 0 Å². The number of nitrogens with zero attached hydrogens (tertiary/aromatic N) is 1. The molecule has 0 fully saturated rings. The Kier molecular flexibility index (Phi) is 3.92. The molecule has 0 saturated heterocycles. The minimum atomic E-state index is -1.08. The number of rotatable bonds is 5. The first-order chi connectivity index (χ1) is 9.15. The van der Waals surface area contributed by atoms with Gasteiger partial charge in [0.25, 0.3) is 0 Å². The fraction of sp³-hybridized carbons (Fsp3) is 0.154. The van der Waals surface area contributed by atoms with Crippen LogP contribution in [0.25, 0.3) is 11.3 Å². The molecule has 0 unspecified atom stereocenters. The van der Waals surface area contributed by atoms with Gasteiger partial charge in [-0.15, -0.1) is 0 Å². The fourth-order valence-electron chi connectivity index (χ4n) is 1.53. The molecule has 2 N–H and O–H groups in total. The second kappa shape index (κ2) is 5.81. The SMILES string of the molecule is O=C(O)CNC(=O)Cc1cc(-c2ccccc2)on1. The van der Waals surface area contributed by atoms with Crippen molar-refractivity contribution in [2.75, 3.05) is 6.54 Å². The number of benzene rings is 1. The lowest BCUT2D eigenvalue weighted by Gasteiger charge is -1.98. The van der Waals surface area contributed by atoms with Crippen molar-refractivity contribution in [1.29, 1.82) is 0 Å². The number of carbonyl (C=O) groups is 2. The van der Waals surface area contributed by atoms with E-state index in [0.717, 1.165) is 5.56 Å². The Hall–Kier alpha value is -2.63. The van der Waals surface area contributed by atoms with Gasteiger partial charge in [-0.3, -0.25) is 9.59 Å². The highest BCUT2D eigenvalue weighted by Gasteiger charge is 2.11. The summed E-state index contributed by atoms with van der Waals surface area (Å²) in [5.41, 5.74) is 1.33. The summed E-state index contributed by atoms with van der Waals surface area (Å²) in [6.45, 7) is -0.401. The second-order valence-electron chi connectivity index (χ2n) is 3.90. The zero-order valence-electron chi connectivity index (χ0n) is 10.00. The van der Waals surface area contributed by atoms with Crippen LogP contribution in [0.4, 0.5) is 0 Å². The first kappa shape index (κ1) is 12.8. The van der Waals surface area contributed by atoms with Crippen molar-refractivity contribution in [3.05, 3.63) is 42.1 Å². The van der Waals surface area contributed by atoms with Crippen molar-refractivity contribution in [1.82, 2.24) is 10.5 Å². The molecule has 0 bridgehead atoms. The quantitative estimate of drug-likeness (QED) is 0.839. The van der Waals surface area contributed by atoms with Gasteiger partial charge in [-0.2, -0.15) is 0 Å². The molecule has 0 aliphatic rings. The van der Waals surface area contributed by atoms with Gasteiger partial charge in [0.15, 0.2) is 5.76 Å². The van der Waals surface area contributed by atoms with Gasteiger partial charge in [0.2, 0.25) is 5.91 Å². The smallest absolute Gasteiger partial charge is 0.322 e. The lowest BCUT2D eigenvalue weighted by atomic mass is 10.1. The molecular formula is C13H12N2O4. The van der Waals surface area contributed by atoms with Crippen LogP contribution >= 0.6 is 0 Å². The number of carboxylic acids is 1. The van der Waals surface area contributed by atoms with Crippen molar-refractivity contribution < 1.29 is 19.2 Å². The van der Waals surface area contributed by atoms with Crippen LogP contribution in [0.1, 0.15) is 5.69 Å². The van der Waals surface area contributed by atoms with E-state index in [4.69, 9.17) is 9.63 Å². The van der Waals surface area contributed by atoms with Crippen LogP contribution in [0.2, 0.25) is 0 Å². The Morgan fingerprint density at radius 1 is 1.26 bits per heavy atom. The molecule has 2 rings (SSSR count). The number of carboxylic acid groups (broad SMARTS) is 1. The third-order valence-corrected chi connectivity index (χ3v) is 2.40. The van der Waals surface area contributed by atoms with Gasteiger partial charge in [0, 0.05) is 11.6 Å². The zero-order valence-corrected chi connectivity index (χ0v) is 10.00. The Bertz CT molecular complexity index is 577. The summed E-state index contributed by atoms with van der Waals surface area (Å²) >= 11 is 0. The first-order valence-electron chi connectivity index (χ1n) is 5.64. The van der Waals surface area contributed by atoms with Gasteiger partial charge in [0.1, 0.15) is 6.54 Å². The molecule has 98 valence electrons. The lowest BCUT2D eigenvalue weighted by Crippen LogP contribution is -2.30. The molecule has 2 aromatic rings. The van der Waals surface area contributed by atoms with Crippen molar-refractivity contribution >= 4 is 11.9 Å². The van der Waals surface area contributed by atoms with Crippen molar-refractivity contribution in [2.24, 2.45) is 0 Å². The van der Waals surface area contributed by atoms with Crippen LogP contribution in [-0.2, 0) is 16.0 Å². The highest BCUT2D eigenvalue weighted by atomic mass is 16.5. The van der Waals surface area contributed by atoms with Gasteiger partial charge in [-0.05, 0) is 0 Å². The summed E-state index contributed by atoms with van der Waals surface area (Å²) in [4.78, 5) is 21.7. The first-order valence-corrected chi connectivity index (χ1v) is 5.64. The maximum Gasteiger partial charge on any atom is 0.322 e. The Balaban J connectivity index is 1.98. The number of aromatic nitrogens is 1. The lowest BCUT2D eigenvalue weighted by molar-refractivity contribution is -0.137. The Labute approximate surface area is 109 Å². The predicted molar refractivity (Wildman–Crippen MR) is 66.3 cm³/mol. The molecule has 1 amide bonds. The minimum Gasteiger partial charge on any atom is -0.480 e. The van der Waals surface area contributed by atoms with Crippen LogP contribution in [0.3, 0.4) is 0 Å². The third-order valence-electron chi connectivity index (χ3n) is 2.40. The number of hydrogen-bond acceptors (Lipinski definition) is 4. The summed E-state index contributed by atoms with van der Waals surface area (Å²) in [7, 11) is 0. The van der Waals surface area contributed by atoms with E-state index in [2.05, 4.69) is 10.5 Å². The molecule has 1 aromatic carbocycles. The number of carbonyl (C=O) groups excluding carboxylic acids is 1. The third kappa shape index (κ3) is 3.67. The predicted octanol–water partition coefficient (Wildman–Crippen LogP) is 1.08. The maximum atomic E-state index is 11.4. The van der Waals surface area contributed by atoms with E-state index in [9.17, 15) is 9.59 Å². The van der Waals surface area contributed by atoms with Crippen LogP contribution in [0, 0.1) is 0 Å². The minimum absolute atomic E-state index is 0.0103. The van der Waals surface area contributed by atoms with Crippen LogP contribution in [-0.4, -0.2) is 28.7 Å². The normalized spacial score (nSPS) is 10.1. The Morgan fingerprint density at radius 3 is 2.68 bits per heavy atom. The van der Waals surface area contributed by atoms with Gasteiger partial charge in [0.05, 0.1) is 12.1 Å². The molecule has 0 spiro atoms. The van der Waals surface area contributed by atoms with E-state index in [0.29, 0.717) is 11.5 Å². The summed E-state index contributed by atoms with van der Waals surface area (Å²) in [5, 5.41) is 14.5. The standard InChI is InChI=1S/C13H12N2O4/c16-12(14-8-13(17)18)7-10-6-11(19-15-10)9-4-2-1-3-5-9/h1-6H,7-8H2,(H,14,16)(H,17,18). The van der Waals surface area contributed by atoms with E-state index in [1.54, 1.807) is 6.07 Å². The molecule has 1 heterocycles. The maximum absolute atomic E-state index is 11.4. The van der Waals surface area contributed by atoms with Crippen molar-refractivity contribution in [3.63, 3.8) is 0 Å². The highest BCUT2D eigenvalue weighted by Crippen LogP contribution is 2.19. The largest absolute Gasteiger partial charge is 0.480 e.